The number of nitrogens with zero attached hydrogens (tertiary/aromatic N) is 4. The highest BCUT2D eigenvalue weighted by molar-refractivity contribution is 5.22. The Morgan fingerprint density at radius 1 is 1.29 bits per heavy atom. The fourth-order valence-corrected chi connectivity index (χ4v) is 2.44. The van der Waals surface area contributed by atoms with Crippen LogP contribution in [0.5, 0.6) is 0 Å². The van der Waals surface area contributed by atoms with E-state index in [1.165, 1.54) is 0 Å². The molecule has 1 N–H and O–H groups in total. The van der Waals surface area contributed by atoms with Crippen molar-refractivity contribution in [2.24, 2.45) is 5.92 Å². The van der Waals surface area contributed by atoms with Crippen molar-refractivity contribution in [2.45, 2.75) is 25.6 Å². The number of aromatic nitrogens is 4. The predicted octanol–water partition coefficient (Wildman–Crippen LogP) is 2.37. The van der Waals surface area contributed by atoms with Gasteiger partial charge >= 0.3 is 6.18 Å². The minimum atomic E-state index is -4.38. The molecule has 0 bridgehead atoms. The smallest absolute Gasteiger partial charge is 0.354 e. The van der Waals surface area contributed by atoms with Crippen molar-refractivity contribution in [2.75, 3.05) is 11.9 Å². The molecule has 0 fully saturated rings. The summed E-state index contributed by atoms with van der Waals surface area (Å²) in [5, 5.41) is 3.10. The zero-order valence-corrected chi connectivity index (χ0v) is 11.1. The van der Waals surface area contributed by atoms with Crippen LogP contribution in [0.1, 0.15) is 17.9 Å². The van der Waals surface area contributed by atoms with E-state index in [0.717, 1.165) is 12.6 Å². The number of aryl methyl sites for hydroxylation is 1. The molecule has 3 rings (SSSR count). The standard InChI is InChI=1S/C13H14F3N5/c14-13(15,16)10-8-21-7-9(2-3-11(21)20-10)6-19-12-17-4-1-5-18-12/h1,4-5,8-9H,2-3,6-7H2,(H,17,18,19). The van der Waals surface area contributed by atoms with Crippen LogP contribution in [0.15, 0.2) is 24.7 Å². The van der Waals surface area contributed by atoms with Crippen molar-refractivity contribution in [3.63, 3.8) is 0 Å². The summed E-state index contributed by atoms with van der Waals surface area (Å²) in [5.74, 6) is 1.27. The van der Waals surface area contributed by atoms with Crippen LogP contribution in [-0.2, 0) is 19.1 Å². The maximum absolute atomic E-state index is 12.6. The van der Waals surface area contributed by atoms with Gasteiger partial charge in [-0.25, -0.2) is 15.0 Å². The van der Waals surface area contributed by atoms with Gasteiger partial charge in [-0.1, -0.05) is 0 Å². The normalized spacial score (nSPS) is 18.3. The lowest BCUT2D eigenvalue weighted by Crippen LogP contribution is -2.26. The first-order chi connectivity index (χ1) is 10.0. The molecule has 1 atom stereocenters. The zero-order chi connectivity index (χ0) is 14.9. The summed E-state index contributed by atoms with van der Waals surface area (Å²) in [4.78, 5) is 11.8. The number of anilines is 1. The molecule has 21 heavy (non-hydrogen) atoms. The van der Waals surface area contributed by atoms with Gasteiger partial charge in [-0.2, -0.15) is 13.2 Å². The molecule has 8 heteroatoms. The van der Waals surface area contributed by atoms with E-state index in [0.29, 0.717) is 31.3 Å². The van der Waals surface area contributed by atoms with Crippen LogP contribution in [0, 0.1) is 5.92 Å². The van der Waals surface area contributed by atoms with E-state index >= 15 is 0 Å². The Morgan fingerprint density at radius 3 is 2.76 bits per heavy atom. The SMILES string of the molecule is FC(F)(F)c1cn2c(n1)CCC(CNc1ncccn1)C2. The van der Waals surface area contributed by atoms with Crippen molar-refractivity contribution in [1.29, 1.82) is 0 Å². The quantitative estimate of drug-likeness (QED) is 0.945. The van der Waals surface area contributed by atoms with Crippen LogP contribution in [0.4, 0.5) is 19.1 Å². The van der Waals surface area contributed by atoms with Gasteiger partial charge in [0.1, 0.15) is 5.82 Å². The number of halogens is 3. The molecule has 0 saturated heterocycles. The summed E-state index contributed by atoms with van der Waals surface area (Å²) in [6.07, 6.45) is 1.35. The van der Waals surface area contributed by atoms with Crippen LogP contribution < -0.4 is 5.32 Å². The van der Waals surface area contributed by atoms with E-state index < -0.39 is 11.9 Å². The van der Waals surface area contributed by atoms with Crippen molar-refractivity contribution >= 4 is 5.95 Å². The highest BCUT2D eigenvalue weighted by Crippen LogP contribution is 2.30. The second kappa shape index (κ2) is 5.34. The maximum atomic E-state index is 12.6. The lowest BCUT2D eigenvalue weighted by Gasteiger charge is -2.23. The van der Waals surface area contributed by atoms with Crippen molar-refractivity contribution in [1.82, 2.24) is 19.5 Å². The Morgan fingerprint density at radius 2 is 2.05 bits per heavy atom. The lowest BCUT2D eigenvalue weighted by molar-refractivity contribution is -0.141. The molecule has 5 nitrogen and oxygen atoms in total. The summed E-state index contributed by atoms with van der Waals surface area (Å²) in [5.41, 5.74) is -0.808. The molecular formula is C13H14F3N5. The van der Waals surface area contributed by atoms with Gasteiger partial charge in [0, 0.05) is 38.1 Å². The molecule has 2 aromatic heterocycles. The molecule has 1 aliphatic heterocycles. The summed E-state index contributed by atoms with van der Waals surface area (Å²) >= 11 is 0. The zero-order valence-electron chi connectivity index (χ0n) is 11.1. The number of hydrogen-bond donors (Lipinski definition) is 1. The average Bonchev–Trinajstić information content (AvgIpc) is 2.89. The van der Waals surface area contributed by atoms with Gasteiger partial charge in [-0.3, -0.25) is 0 Å². The van der Waals surface area contributed by atoms with E-state index in [9.17, 15) is 13.2 Å². The monoisotopic (exact) mass is 297 g/mol. The third-order valence-corrected chi connectivity index (χ3v) is 3.50. The Bertz CT molecular complexity index is 608. The molecule has 3 heterocycles. The maximum Gasteiger partial charge on any atom is 0.434 e. The van der Waals surface area contributed by atoms with Crippen LogP contribution in [-0.4, -0.2) is 26.1 Å². The Balaban J connectivity index is 1.63. The van der Waals surface area contributed by atoms with Gasteiger partial charge in [0.25, 0.3) is 0 Å². The van der Waals surface area contributed by atoms with Gasteiger partial charge < -0.3 is 9.88 Å². The third kappa shape index (κ3) is 3.14. The van der Waals surface area contributed by atoms with Crippen LogP contribution in [0.2, 0.25) is 0 Å². The van der Waals surface area contributed by atoms with Crippen LogP contribution >= 0.6 is 0 Å². The molecule has 1 unspecified atom stereocenters. The molecule has 1 aliphatic rings. The first-order valence-electron chi connectivity index (χ1n) is 6.66. The number of nitrogens with one attached hydrogen (secondary N) is 1. The largest absolute Gasteiger partial charge is 0.434 e. The molecule has 2 aromatic rings. The van der Waals surface area contributed by atoms with Crippen molar-refractivity contribution in [3.05, 3.63) is 36.2 Å². The van der Waals surface area contributed by atoms with Crippen molar-refractivity contribution < 1.29 is 13.2 Å². The predicted molar refractivity (Wildman–Crippen MR) is 69.6 cm³/mol. The van der Waals surface area contributed by atoms with E-state index in [1.54, 1.807) is 23.0 Å². The fourth-order valence-electron chi connectivity index (χ4n) is 2.44. The first-order valence-corrected chi connectivity index (χ1v) is 6.66. The van der Waals surface area contributed by atoms with Gasteiger partial charge in [-0.05, 0) is 18.4 Å². The minimum Gasteiger partial charge on any atom is -0.354 e. The molecule has 112 valence electrons. The van der Waals surface area contributed by atoms with Gasteiger partial charge in [-0.15, -0.1) is 0 Å². The molecule has 0 saturated carbocycles. The molecular weight excluding hydrogens is 283 g/mol. The number of hydrogen-bond acceptors (Lipinski definition) is 4. The van der Waals surface area contributed by atoms with Gasteiger partial charge in [0.15, 0.2) is 5.69 Å². The Kier molecular flexibility index (Phi) is 3.52. The number of imidazole rings is 1. The van der Waals surface area contributed by atoms with Gasteiger partial charge in [0.05, 0.1) is 0 Å². The third-order valence-electron chi connectivity index (χ3n) is 3.50. The van der Waals surface area contributed by atoms with Crippen LogP contribution in [0.25, 0.3) is 0 Å². The number of alkyl halides is 3. The lowest BCUT2D eigenvalue weighted by atomic mass is 9.99. The molecule has 0 spiro atoms. The second-order valence-corrected chi connectivity index (χ2v) is 5.05. The molecule has 0 aliphatic carbocycles. The topological polar surface area (TPSA) is 55.6 Å². The number of fused-ring (bicyclic) bond motifs is 1. The highest BCUT2D eigenvalue weighted by Gasteiger charge is 2.35. The molecule has 0 amide bonds. The fraction of sp³-hybridized carbons (Fsp3) is 0.462. The van der Waals surface area contributed by atoms with E-state index in [4.69, 9.17) is 0 Å². The van der Waals surface area contributed by atoms with E-state index in [2.05, 4.69) is 20.3 Å². The second-order valence-electron chi connectivity index (χ2n) is 5.05. The molecule has 0 radical (unpaired) electrons. The summed E-state index contributed by atoms with van der Waals surface area (Å²) < 4.78 is 39.5. The number of rotatable bonds is 3. The van der Waals surface area contributed by atoms with Gasteiger partial charge in [0.2, 0.25) is 5.95 Å². The highest BCUT2D eigenvalue weighted by atomic mass is 19.4. The first kappa shape index (κ1) is 13.8. The van der Waals surface area contributed by atoms with E-state index in [1.807, 2.05) is 0 Å². The summed E-state index contributed by atoms with van der Waals surface area (Å²) in [6, 6.07) is 1.72. The van der Waals surface area contributed by atoms with Crippen LogP contribution in [0.3, 0.4) is 0 Å². The summed E-state index contributed by atoms with van der Waals surface area (Å²) in [7, 11) is 0. The Labute approximate surface area is 119 Å². The van der Waals surface area contributed by atoms with E-state index in [-0.39, 0.29) is 5.92 Å². The summed E-state index contributed by atoms with van der Waals surface area (Å²) in [6.45, 7) is 1.15. The molecule has 0 aromatic carbocycles. The average molecular weight is 297 g/mol. The minimum absolute atomic E-state index is 0.233. The Hall–Kier alpha value is -2.12. The van der Waals surface area contributed by atoms with Crippen molar-refractivity contribution in [3.8, 4) is 0 Å².